The molecule has 0 aliphatic carbocycles. The van der Waals surface area contributed by atoms with Gasteiger partial charge in [0.05, 0.1) is 0 Å². The Bertz CT molecular complexity index is 426. The number of halogens is 1. The minimum atomic E-state index is 0.889. The van der Waals surface area contributed by atoms with Crippen LogP contribution < -0.4 is 5.32 Å². The molecule has 0 aliphatic rings. The molecule has 0 saturated carbocycles. The third-order valence-electron chi connectivity index (χ3n) is 2.31. The number of rotatable bonds is 5. The van der Waals surface area contributed by atoms with Gasteiger partial charge in [0.2, 0.25) is 0 Å². The van der Waals surface area contributed by atoms with Crippen molar-refractivity contribution in [3.8, 4) is 0 Å². The van der Waals surface area contributed by atoms with Crippen LogP contribution in [0.2, 0.25) is 0 Å². The van der Waals surface area contributed by atoms with Gasteiger partial charge in [0.25, 0.3) is 0 Å². The Morgan fingerprint density at radius 3 is 3.06 bits per heavy atom. The zero-order valence-electron chi connectivity index (χ0n) is 8.91. The molecule has 3 nitrogen and oxygen atoms in total. The van der Waals surface area contributed by atoms with E-state index in [9.17, 15) is 0 Å². The van der Waals surface area contributed by atoms with Gasteiger partial charge < -0.3 is 10.3 Å². The summed E-state index contributed by atoms with van der Waals surface area (Å²) in [6.45, 7) is 1.82. The number of hydrogen-bond donors (Lipinski definition) is 2. The van der Waals surface area contributed by atoms with Gasteiger partial charge in [-0.3, -0.25) is 0 Å². The summed E-state index contributed by atoms with van der Waals surface area (Å²) in [4.78, 5) is 7.26. The Labute approximate surface area is 103 Å². The molecule has 0 saturated heterocycles. The second-order valence-corrected chi connectivity index (χ2v) is 4.51. The fraction of sp³-hybridized carbons (Fsp3) is 0.250. The minimum Gasteiger partial charge on any atom is -0.349 e. The van der Waals surface area contributed by atoms with E-state index in [0.717, 1.165) is 29.8 Å². The number of nitrogens with one attached hydrogen (secondary N) is 2. The number of hydrogen-bond acceptors (Lipinski definition) is 2. The van der Waals surface area contributed by atoms with Crippen molar-refractivity contribution in [3.05, 3.63) is 52.5 Å². The van der Waals surface area contributed by atoms with E-state index in [1.54, 1.807) is 6.20 Å². The molecule has 0 unspecified atom stereocenters. The molecular formula is C12H14BrN3. The van der Waals surface area contributed by atoms with E-state index in [1.165, 1.54) is 5.56 Å². The normalized spacial score (nSPS) is 10.6. The Morgan fingerprint density at radius 2 is 2.31 bits per heavy atom. The van der Waals surface area contributed by atoms with Crippen molar-refractivity contribution in [3.63, 3.8) is 0 Å². The summed E-state index contributed by atoms with van der Waals surface area (Å²) in [6, 6.07) is 8.32. The molecule has 1 heterocycles. The van der Waals surface area contributed by atoms with Crippen LogP contribution in [-0.4, -0.2) is 16.5 Å². The lowest BCUT2D eigenvalue weighted by molar-refractivity contribution is 0.674. The molecule has 0 bridgehead atoms. The average Bonchev–Trinajstić information content (AvgIpc) is 2.77. The molecule has 2 N–H and O–H groups in total. The number of aromatic nitrogens is 2. The van der Waals surface area contributed by atoms with E-state index in [2.05, 4.69) is 43.3 Å². The van der Waals surface area contributed by atoms with Crippen molar-refractivity contribution in [2.24, 2.45) is 0 Å². The summed E-state index contributed by atoms with van der Waals surface area (Å²) in [6.07, 6.45) is 4.56. The van der Waals surface area contributed by atoms with Gasteiger partial charge in [-0.1, -0.05) is 28.1 Å². The van der Waals surface area contributed by atoms with Crippen molar-refractivity contribution < 1.29 is 0 Å². The van der Waals surface area contributed by atoms with Crippen molar-refractivity contribution in [2.45, 2.75) is 13.0 Å². The van der Waals surface area contributed by atoms with E-state index in [-0.39, 0.29) is 0 Å². The molecule has 0 atom stereocenters. The molecule has 84 valence electrons. The first-order valence-electron chi connectivity index (χ1n) is 5.28. The summed E-state index contributed by atoms with van der Waals surface area (Å²) in [5.74, 6) is 1.03. The highest BCUT2D eigenvalue weighted by Gasteiger charge is 1.96. The first kappa shape index (κ1) is 11.4. The van der Waals surface area contributed by atoms with Crippen molar-refractivity contribution in [1.82, 2.24) is 15.3 Å². The smallest absolute Gasteiger partial charge is 0.107 e. The molecule has 0 radical (unpaired) electrons. The van der Waals surface area contributed by atoms with Gasteiger partial charge in [0.1, 0.15) is 5.82 Å². The molecule has 2 aromatic rings. The van der Waals surface area contributed by atoms with Crippen LogP contribution in [0, 0.1) is 0 Å². The monoisotopic (exact) mass is 279 g/mol. The second kappa shape index (κ2) is 5.82. The maximum absolute atomic E-state index is 4.17. The molecule has 0 fully saturated rings. The second-order valence-electron chi connectivity index (χ2n) is 3.59. The molecule has 4 heteroatoms. The third kappa shape index (κ3) is 3.47. The van der Waals surface area contributed by atoms with Crippen LogP contribution in [0.3, 0.4) is 0 Å². The first-order chi connectivity index (χ1) is 7.84. The van der Waals surface area contributed by atoms with E-state index in [0.29, 0.717) is 0 Å². The number of imidazole rings is 1. The van der Waals surface area contributed by atoms with E-state index in [1.807, 2.05) is 18.3 Å². The third-order valence-corrected chi connectivity index (χ3v) is 2.80. The summed E-state index contributed by atoms with van der Waals surface area (Å²) in [7, 11) is 0. The summed E-state index contributed by atoms with van der Waals surface area (Å²) in [5, 5.41) is 3.39. The average molecular weight is 280 g/mol. The van der Waals surface area contributed by atoms with Crippen molar-refractivity contribution in [2.75, 3.05) is 6.54 Å². The number of nitrogens with zero attached hydrogens (tertiary/aromatic N) is 1. The fourth-order valence-corrected chi connectivity index (χ4v) is 1.97. The zero-order chi connectivity index (χ0) is 11.2. The van der Waals surface area contributed by atoms with Crippen molar-refractivity contribution in [1.29, 1.82) is 0 Å². The molecule has 16 heavy (non-hydrogen) atoms. The van der Waals surface area contributed by atoms with Crippen LogP contribution in [0.4, 0.5) is 0 Å². The van der Waals surface area contributed by atoms with Gasteiger partial charge in [0.15, 0.2) is 0 Å². The first-order valence-corrected chi connectivity index (χ1v) is 6.07. The predicted molar refractivity (Wildman–Crippen MR) is 68.1 cm³/mol. The molecule has 0 amide bonds. The highest BCUT2D eigenvalue weighted by atomic mass is 79.9. The van der Waals surface area contributed by atoms with E-state index in [4.69, 9.17) is 0 Å². The quantitative estimate of drug-likeness (QED) is 0.826. The minimum absolute atomic E-state index is 0.889. The number of benzene rings is 1. The summed E-state index contributed by atoms with van der Waals surface area (Å²) < 4.78 is 1.12. The largest absolute Gasteiger partial charge is 0.349 e. The molecule has 1 aromatic carbocycles. The van der Waals surface area contributed by atoms with Gasteiger partial charge in [-0.2, -0.15) is 0 Å². The lowest BCUT2D eigenvalue weighted by Crippen LogP contribution is -2.17. The molecule has 1 aromatic heterocycles. The molecule has 0 spiro atoms. The standard InChI is InChI=1S/C12H14BrN3/c13-11-3-1-2-10(8-11)9-14-5-4-12-15-6-7-16-12/h1-3,6-8,14H,4-5,9H2,(H,15,16). The van der Waals surface area contributed by atoms with Gasteiger partial charge in [0, 0.05) is 36.4 Å². The van der Waals surface area contributed by atoms with Crippen LogP contribution in [0.1, 0.15) is 11.4 Å². The van der Waals surface area contributed by atoms with E-state index >= 15 is 0 Å². The summed E-state index contributed by atoms with van der Waals surface area (Å²) >= 11 is 3.46. The lowest BCUT2D eigenvalue weighted by Gasteiger charge is -2.04. The van der Waals surface area contributed by atoms with Crippen LogP contribution >= 0.6 is 15.9 Å². The predicted octanol–water partition coefficient (Wildman–Crippen LogP) is 2.50. The Hall–Kier alpha value is -1.13. The van der Waals surface area contributed by atoms with Gasteiger partial charge in [-0.05, 0) is 17.7 Å². The van der Waals surface area contributed by atoms with Gasteiger partial charge in [-0.15, -0.1) is 0 Å². The lowest BCUT2D eigenvalue weighted by atomic mass is 10.2. The Balaban J connectivity index is 1.72. The van der Waals surface area contributed by atoms with Crippen LogP contribution in [0.15, 0.2) is 41.1 Å². The van der Waals surface area contributed by atoms with Crippen LogP contribution in [0.5, 0.6) is 0 Å². The zero-order valence-corrected chi connectivity index (χ0v) is 10.5. The van der Waals surface area contributed by atoms with E-state index < -0.39 is 0 Å². The molecular weight excluding hydrogens is 266 g/mol. The maximum atomic E-state index is 4.17. The Morgan fingerprint density at radius 1 is 1.38 bits per heavy atom. The molecule has 0 aliphatic heterocycles. The topological polar surface area (TPSA) is 40.7 Å². The number of H-pyrrole nitrogens is 1. The van der Waals surface area contributed by atoms with Gasteiger partial charge >= 0.3 is 0 Å². The Kier molecular flexibility index (Phi) is 4.13. The van der Waals surface area contributed by atoms with Crippen LogP contribution in [0.25, 0.3) is 0 Å². The maximum Gasteiger partial charge on any atom is 0.107 e. The van der Waals surface area contributed by atoms with Crippen molar-refractivity contribution >= 4 is 15.9 Å². The summed E-state index contributed by atoms with van der Waals surface area (Å²) in [5.41, 5.74) is 1.29. The highest BCUT2D eigenvalue weighted by molar-refractivity contribution is 9.10. The molecule has 2 rings (SSSR count). The highest BCUT2D eigenvalue weighted by Crippen LogP contribution is 2.11. The fourth-order valence-electron chi connectivity index (χ4n) is 1.52. The SMILES string of the molecule is Brc1cccc(CNCCc2ncc[nH]2)c1. The van der Waals surface area contributed by atoms with Gasteiger partial charge in [-0.25, -0.2) is 4.98 Å². The number of aromatic amines is 1. The van der Waals surface area contributed by atoms with Crippen LogP contribution in [-0.2, 0) is 13.0 Å².